The zero-order chi connectivity index (χ0) is 45.1. The van der Waals surface area contributed by atoms with Crippen LogP contribution in [0.5, 0.6) is 0 Å². The standard InChI is InChI=1S/C66H47NO/c1-65(2)58-25-10-6-19-52(58)55-23-13-22-54(64(55)65)50-17-5-4-16-48(50)42-29-33-45(34-30-42)67(46-35-31-43(32-36-46)49-21-14-28-62-63(49)56-20-8-12-27-61(56)68-62)47-37-38-53-51-18-7-11-26-59(51)66(60(53)41-47)40-39-44-15-3-9-24-57(44)66/h3-38,41H,39-40H2,1-2H3. The lowest BCUT2D eigenvalue weighted by Gasteiger charge is -2.31. The Morgan fingerprint density at radius 2 is 0.897 bits per heavy atom. The molecule has 0 N–H and O–H groups in total. The molecular formula is C66H47NO. The van der Waals surface area contributed by atoms with Crippen molar-refractivity contribution in [2.45, 2.75) is 37.5 Å². The van der Waals surface area contributed by atoms with Gasteiger partial charge in [0.1, 0.15) is 11.2 Å². The molecule has 0 amide bonds. The highest BCUT2D eigenvalue weighted by Gasteiger charge is 2.48. The second kappa shape index (κ2) is 14.6. The first kappa shape index (κ1) is 39.0. The molecule has 1 spiro atoms. The first-order valence-electron chi connectivity index (χ1n) is 24.0. The molecule has 2 heteroatoms. The Balaban J connectivity index is 0.913. The minimum Gasteiger partial charge on any atom is -0.456 e. The van der Waals surface area contributed by atoms with Crippen LogP contribution in [0.1, 0.15) is 53.6 Å². The summed E-state index contributed by atoms with van der Waals surface area (Å²) in [6.45, 7) is 4.76. The normalized spacial score (nSPS) is 15.9. The van der Waals surface area contributed by atoms with Crippen molar-refractivity contribution < 1.29 is 4.42 Å². The molecule has 3 aliphatic rings. The van der Waals surface area contributed by atoms with E-state index in [1.54, 1.807) is 0 Å². The average molecular weight is 870 g/mol. The number of aryl methyl sites for hydroxylation is 1. The van der Waals surface area contributed by atoms with Gasteiger partial charge in [-0.1, -0.05) is 190 Å². The van der Waals surface area contributed by atoms with Crippen molar-refractivity contribution in [1.82, 2.24) is 0 Å². The van der Waals surface area contributed by atoms with Gasteiger partial charge in [-0.05, 0) is 150 Å². The van der Waals surface area contributed by atoms with Gasteiger partial charge in [0.2, 0.25) is 0 Å². The number of hydrogen-bond acceptors (Lipinski definition) is 2. The van der Waals surface area contributed by atoms with Gasteiger partial charge < -0.3 is 9.32 Å². The summed E-state index contributed by atoms with van der Waals surface area (Å²) < 4.78 is 6.32. The second-order valence-electron chi connectivity index (χ2n) is 19.5. The Hall–Kier alpha value is -8.20. The summed E-state index contributed by atoms with van der Waals surface area (Å²) in [5.41, 5.74) is 26.0. The lowest BCUT2D eigenvalue weighted by atomic mass is 9.73. The van der Waals surface area contributed by atoms with Crippen LogP contribution in [0, 0.1) is 0 Å². The summed E-state index contributed by atoms with van der Waals surface area (Å²) in [6, 6.07) is 83.4. The first-order chi connectivity index (χ1) is 33.5. The van der Waals surface area contributed by atoms with Crippen molar-refractivity contribution in [2.24, 2.45) is 0 Å². The van der Waals surface area contributed by atoms with E-state index in [2.05, 4.69) is 237 Å². The predicted molar refractivity (Wildman–Crippen MR) is 282 cm³/mol. The number of nitrogens with zero attached hydrogens (tertiary/aromatic N) is 1. The van der Waals surface area contributed by atoms with Gasteiger partial charge in [0.25, 0.3) is 0 Å². The molecule has 0 fully saturated rings. The van der Waals surface area contributed by atoms with Crippen molar-refractivity contribution in [3.05, 3.63) is 258 Å². The highest BCUT2D eigenvalue weighted by atomic mass is 16.3. The molecule has 1 aromatic heterocycles. The van der Waals surface area contributed by atoms with Gasteiger partial charge in [0.05, 0.1) is 0 Å². The van der Waals surface area contributed by atoms with Gasteiger partial charge in [-0.2, -0.15) is 0 Å². The van der Waals surface area contributed by atoms with Crippen molar-refractivity contribution >= 4 is 39.0 Å². The van der Waals surface area contributed by atoms with E-state index in [0.717, 1.165) is 57.4 Å². The van der Waals surface area contributed by atoms with Crippen LogP contribution in [0.4, 0.5) is 17.1 Å². The van der Waals surface area contributed by atoms with E-state index in [1.807, 2.05) is 6.07 Å². The van der Waals surface area contributed by atoms with Gasteiger partial charge in [-0.3, -0.25) is 0 Å². The van der Waals surface area contributed by atoms with Gasteiger partial charge in [-0.25, -0.2) is 0 Å². The average Bonchev–Trinajstić information content (AvgIpc) is 4.12. The summed E-state index contributed by atoms with van der Waals surface area (Å²) in [6.07, 6.45) is 2.13. The van der Waals surface area contributed by atoms with E-state index < -0.39 is 0 Å². The fourth-order valence-electron chi connectivity index (χ4n) is 12.7. The van der Waals surface area contributed by atoms with Gasteiger partial charge in [0.15, 0.2) is 0 Å². The maximum atomic E-state index is 6.32. The number of furan rings is 1. The Bertz CT molecular complexity index is 3830. The largest absolute Gasteiger partial charge is 0.456 e. The summed E-state index contributed by atoms with van der Waals surface area (Å²) in [4.78, 5) is 2.45. The zero-order valence-electron chi connectivity index (χ0n) is 38.1. The molecule has 68 heavy (non-hydrogen) atoms. The topological polar surface area (TPSA) is 16.4 Å². The van der Waals surface area contributed by atoms with Crippen LogP contribution >= 0.6 is 0 Å². The number of rotatable bonds is 6. The Kier molecular flexibility index (Phi) is 8.40. The highest BCUT2D eigenvalue weighted by Crippen LogP contribution is 2.59. The smallest absolute Gasteiger partial charge is 0.136 e. The van der Waals surface area contributed by atoms with Crippen molar-refractivity contribution in [1.29, 1.82) is 0 Å². The molecule has 14 rings (SSSR count). The molecule has 0 radical (unpaired) electrons. The van der Waals surface area contributed by atoms with E-state index in [-0.39, 0.29) is 10.8 Å². The van der Waals surface area contributed by atoms with E-state index in [1.165, 1.54) is 83.5 Å². The highest BCUT2D eigenvalue weighted by molar-refractivity contribution is 6.12. The molecule has 0 bridgehead atoms. The van der Waals surface area contributed by atoms with E-state index >= 15 is 0 Å². The van der Waals surface area contributed by atoms with E-state index in [9.17, 15) is 0 Å². The molecule has 1 unspecified atom stereocenters. The van der Waals surface area contributed by atoms with Crippen molar-refractivity contribution in [3.8, 4) is 55.6 Å². The van der Waals surface area contributed by atoms with Crippen LogP contribution in [0.2, 0.25) is 0 Å². The lowest BCUT2D eigenvalue weighted by molar-refractivity contribution is 0.626. The van der Waals surface area contributed by atoms with Crippen LogP contribution in [0.25, 0.3) is 77.6 Å². The summed E-state index contributed by atoms with van der Waals surface area (Å²) in [7, 11) is 0. The minimum atomic E-state index is -0.193. The predicted octanol–water partition coefficient (Wildman–Crippen LogP) is 17.6. The molecule has 2 nitrogen and oxygen atoms in total. The Morgan fingerprint density at radius 1 is 0.382 bits per heavy atom. The van der Waals surface area contributed by atoms with Crippen molar-refractivity contribution in [3.63, 3.8) is 0 Å². The zero-order valence-corrected chi connectivity index (χ0v) is 38.1. The Morgan fingerprint density at radius 3 is 1.66 bits per heavy atom. The summed E-state index contributed by atoms with van der Waals surface area (Å²) in [5.74, 6) is 0. The molecule has 11 aromatic rings. The van der Waals surface area contributed by atoms with Crippen LogP contribution in [-0.2, 0) is 17.3 Å². The SMILES string of the molecule is CC1(C)c2ccccc2-c2cccc(-c3ccccc3-c3ccc(N(c4ccc(-c5cccc6oc7ccccc7c56)cc4)c4ccc5c(c4)C4(CCc6ccccc64)c4ccccc4-5)cc3)c21. The van der Waals surface area contributed by atoms with E-state index in [0.29, 0.717) is 0 Å². The molecule has 10 aromatic carbocycles. The molecule has 0 saturated carbocycles. The second-order valence-corrected chi connectivity index (χ2v) is 19.5. The van der Waals surface area contributed by atoms with Gasteiger partial charge in [-0.15, -0.1) is 0 Å². The lowest BCUT2D eigenvalue weighted by Crippen LogP contribution is -2.24. The van der Waals surface area contributed by atoms with Crippen molar-refractivity contribution in [2.75, 3.05) is 4.90 Å². The summed E-state index contributed by atoms with van der Waals surface area (Å²) in [5, 5.41) is 2.29. The van der Waals surface area contributed by atoms with Crippen LogP contribution in [-0.4, -0.2) is 0 Å². The van der Waals surface area contributed by atoms with Gasteiger partial charge in [0, 0.05) is 38.7 Å². The van der Waals surface area contributed by atoms with Crippen LogP contribution in [0.3, 0.4) is 0 Å². The quantitative estimate of drug-likeness (QED) is 0.166. The number of hydrogen-bond donors (Lipinski definition) is 0. The molecule has 1 heterocycles. The molecule has 3 aliphatic carbocycles. The molecule has 322 valence electrons. The fourth-order valence-corrected chi connectivity index (χ4v) is 12.7. The number of fused-ring (bicyclic) bond motifs is 13. The minimum absolute atomic E-state index is 0.120. The Labute approximate surface area is 397 Å². The first-order valence-corrected chi connectivity index (χ1v) is 24.0. The number of anilines is 3. The monoisotopic (exact) mass is 869 g/mol. The van der Waals surface area contributed by atoms with Crippen LogP contribution < -0.4 is 4.90 Å². The fraction of sp³-hybridized carbons (Fsp3) is 0.0909. The maximum absolute atomic E-state index is 6.32. The maximum Gasteiger partial charge on any atom is 0.136 e. The van der Waals surface area contributed by atoms with Crippen LogP contribution in [0.15, 0.2) is 229 Å². The third kappa shape index (κ3) is 5.52. The van der Waals surface area contributed by atoms with E-state index in [4.69, 9.17) is 4.42 Å². The van der Waals surface area contributed by atoms with Gasteiger partial charge >= 0.3 is 0 Å². The number of benzene rings is 10. The molecule has 0 aliphatic heterocycles. The number of para-hydroxylation sites is 1. The third-order valence-electron chi connectivity index (χ3n) is 15.7. The molecule has 0 saturated heterocycles. The summed E-state index contributed by atoms with van der Waals surface area (Å²) >= 11 is 0. The molecular weight excluding hydrogens is 823 g/mol. The third-order valence-corrected chi connectivity index (χ3v) is 15.7. The molecule has 1 atom stereocenters.